The molecule has 19 heavy (non-hydrogen) atoms. The molecule has 0 spiro atoms. The molecule has 0 aromatic rings. The van der Waals surface area contributed by atoms with Crippen molar-refractivity contribution in [3.63, 3.8) is 0 Å². The monoisotopic (exact) mass is 276 g/mol. The van der Waals surface area contributed by atoms with Crippen LogP contribution in [0.15, 0.2) is 59.4 Å². The molecule has 102 valence electrons. The van der Waals surface area contributed by atoms with E-state index >= 15 is 0 Å². The molecule has 2 heterocycles. The maximum Gasteiger partial charge on any atom is 0.118 e. The number of rotatable bonds is 3. The van der Waals surface area contributed by atoms with Gasteiger partial charge in [-0.05, 0) is 55.5 Å². The zero-order valence-electron chi connectivity index (χ0n) is 11.5. The quantitative estimate of drug-likeness (QED) is 0.832. The van der Waals surface area contributed by atoms with Gasteiger partial charge < -0.3 is 15.8 Å². The summed E-state index contributed by atoms with van der Waals surface area (Å²) >= 11 is 1.76. The lowest BCUT2D eigenvalue weighted by molar-refractivity contribution is 0.307. The Morgan fingerprint density at radius 2 is 2.26 bits per heavy atom. The van der Waals surface area contributed by atoms with Crippen LogP contribution in [0.25, 0.3) is 0 Å². The van der Waals surface area contributed by atoms with E-state index in [1.54, 1.807) is 18.0 Å². The molecule has 2 aliphatic heterocycles. The molecule has 0 saturated carbocycles. The smallest absolute Gasteiger partial charge is 0.118 e. The first-order chi connectivity index (χ1) is 9.15. The van der Waals surface area contributed by atoms with Crippen molar-refractivity contribution in [3.8, 4) is 0 Å². The van der Waals surface area contributed by atoms with E-state index in [1.807, 2.05) is 19.2 Å². The first-order valence-electron chi connectivity index (χ1n) is 6.32. The van der Waals surface area contributed by atoms with Gasteiger partial charge in [-0.1, -0.05) is 6.92 Å². The van der Waals surface area contributed by atoms with Crippen LogP contribution in [0.5, 0.6) is 0 Å². The molecule has 0 amide bonds. The molecule has 0 saturated heterocycles. The average molecular weight is 276 g/mol. The molecule has 2 atom stereocenters. The van der Waals surface area contributed by atoms with Crippen LogP contribution in [-0.4, -0.2) is 11.6 Å². The zero-order valence-corrected chi connectivity index (χ0v) is 12.3. The third kappa shape index (κ3) is 3.07. The maximum atomic E-state index is 5.84. The molecule has 0 fully saturated rings. The molecule has 2 unspecified atom stereocenters. The highest BCUT2D eigenvalue weighted by Gasteiger charge is 2.22. The lowest BCUT2D eigenvalue weighted by Gasteiger charge is -2.19. The molecule has 2 aliphatic rings. The molecule has 0 aromatic carbocycles. The number of ether oxygens (including phenoxy) is 1. The molecular formula is C15H20N2OS. The molecule has 0 bridgehead atoms. The van der Waals surface area contributed by atoms with E-state index in [-0.39, 0.29) is 11.3 Å². The van der Waals surface area contributed by atoms with E-state index in [0.29, 0.717) is 0 Å². The van der Waals surface area contributed by atoms with Crippen LogP contribution in [-0.2, 0) is 4.74 Å². The fourth-order valence-corrected chi connectivity index (χ4v) is 2.76. The van der Waals surface area contributed by atoms with Gasteiger partial charge in [0.15, 0.2) is 0 Å². The van der Waals surface area contributed by atoms with Crippen LogP contribution in [0.1, 0.15) is 13.8 Å². The Morgan fingerprint density at radius 1 is 1.47 bits per heavy atom. The molecule has 3 nitrogen and oxygen atoms in total. The molecule has 0 radical (unpaired) electrons. The summed E-state index contributed by atoms with van der Waals surface area (Å²) in [6.45, 7) is 4.11. The van der Waals surface area contributed by atoms with Gasteiger partial charge >= 0.3 is 0 Å². The molecule has 3 N–H and O–H groups in total. The van der Waals surface area contributed by atoms with Crippen molar-refractivity contribution in [2.45, 2.75) is 19.2 Å². The number of nitrogens with one attached hydrogen (secondary N) is 1. The Labute approximate surface area is 119 Å². The van der Waals surface area contributed by atoms with E-state index < -0.39 is 0 Å². The van der Waals surface area contributed by atoms with Gasteiger partial charge in [-0.3, -0.25) is 0 Å². The summed E-state index contributed by atoms with van der Waals surface area (Å²) in [6, 6.07) is 0. The minimum absolute atomic E-state index is 0.281. The van der Waals surface area contributed by atoms with Crippen LogP contribution in [0, 0.1) is 5.92 Å². The van der Waals surface area contributed by atoms with Crippen molar-refractivity contribution in [2.24, 2.45) is 11.7 Å². The van der Waals surface area contributed by atoms with Gasteiger partial charge in [0.1, 0.15) is 5.76 Å². The van der Waals surface area contributed by atoms with Crippen LogP contribution in [0.3, 0.4) is 0 Å². The Balaban J connectivity index is 2.39. The van der Waals surface area contributed by atoms with Gasteiger partial charge in [0.2, 0.25) is 0 Å². The molecular weight excluding hydrogens is 256 g/mol. The summed E-state index contributed by atoms with van der Waals surface area (Å²) in [5.41, 5.74) is 7.79. The third-order valence-electron chi connectivity index (χ3n) is 3.12. The van der Waals surface area contributed by atoms with Crippen LogP contribution in [0.2, 0.25) is 0 Å². The minimum Gasteiger partial charge on any atom is -0.465 e. The van der Waals surface area contributed by atoms with E-state index in [9.17, 15) is 0 Å². The van der Waals surface area contributed by atoms with E-state index in [1.165, 1.54) is 0 Å². The summed E-state index contributed by atoms with van der Waals surface area (Å²) in [5, 5.41) is 3.57. The molecule has 0 aromatic heterocycles. The second-order valence-electron chi connectivity index (χ2n) is 4.58. The predicted molar refractivity (Wildman–Crippen MR) is 82.0 cm³/mol. The standard InChI is InChI=1S/C15H20N2OS/c1-10-8-11(2)18-15(10)13(4-6-16)12-5-7-17-14(9-12)19-3/h4-10,14,17H,16H2,1-3H3/b6-4-,15-13-. The predicted octanol–water partition coefficient (Wildman–Crippen LogP) is 3.02. The number of thioether (sulfide) groups is 1. The van der Waals surface area contributed by atoms with Gasteiger partial charge in [-0.2, -0.15) is 0 Å². The van der Waals surface area contributed by atoms with E-state index in [2.05, 4.69) is 36.7 Å². The Bertz CT molecular complexity index is 500. The van der Waals surface area contributed by atoms with Crippen molar-refractivity contribution in [1.29, 1.82) is 0 Å². The van der Waals surface area contributed by atoms with Gasteiger partial charge in [-0.25, -0.2) is 0 Å². The Hall–Kier alpha value is -1.55. The highest BCUT2D eigenvalue weighted by Crippen LogP contribution is 2.33. The second kappa shape index (κ2) is 6.06. The SMILES string of the molecule is CSC1C=C(C(/C=C\N)=C2\OC(C)=CC2C)C=CN1. The van der Waals surface area contributed by atoms with Gasteiger partial charge in [0.25, 0.3) is 0 Å². The topological polar surface area (TPSA) is 47.3 Å². The molecule has 4 heteroatoms. The van der Waals surface area contributed by atoms with Gasteiger partial charge in [-0.15, -0.1) is 11.8 Å². The van der Waals surface area contributed by atoms with Gasteiger partial charge in [0, 0.05) is 11.5 Å². The average Bonchev–Trinajstić information content (AvgIpc) is 2.75. The summed E-state index contributed by atoms with van der Waals surface area (Å²) in [4.78, 5) is 0. The molecule has 0 aliphatic carbocycles. The number of hydrogen-bond donors (Lipinski definition) is 2. The van der Waals surface area contributed by atoms with Crippen molar-refractivity contribution < 1.29 is 4.74 Å². The van der Waals surface area contributed by atoms with Crippen LogP contribution < -0.4 is 11.1 Å². The first kappa shape index (κ1) is 13.9. The summed E-state index contributed by atoms with van der Waals surface area (Å²) < 4.78 is 5.84. The van der Waals surface area contributed by atoms with Crippen molar-refractivity contribution in [1.82, 2.24) is 5.32 Å². The van der Waals surface area contributed by atoms with E-state index in [0.717, 1.165) is 22.7 Å². The van der Waals surface area contributed by atoms with E-state index in [4.69, 9.17) is 10.5 Å². The van der Waals surface area contributed by atoms with Crippen molar-refractivity contribution in [2.75, 3.05) is 6.26 Å². The van der Waals surface area contributed by atoms with Crippen molar-refractivity contribution in [3.05, 3.63) is 59.4 Å². The largest absolute Gasteiger partial charge is 0.465 e. The Kier molecular flexibility index (Phi) is 4.43. The first-order valence-corrected chi connectivity index (χ1v) is 7.60. The normalized spacial score (nSPS) is 28.8. The summed E-state index contributed by atoms with van der Waals surface area (Å²) in [7, 11) is 0. The van der Waals surface area contributed by atoms with Crippen LogP contribution >= 0.6 is 11.8 Å². The van der Waals surface area contributed by atoms with Gasteiger partial charge in [0.05, 0.1) is 11.1 Å². The Morgan fingerprint density at radius 3 is 2.84 bits per heavy atom. The van der Waals surface area contributed by atoms with Crippen molar-refractivity contribution >= 4 is 11.8 Å². The zero-order chi connectivity index (χ0) is 13.8. The lowest BCUT2D eigenvalue weighted by atomic mass is 9.97. The number of nitrogens with two attached hydrogens (primary N) is 1. The fraction of sp³-hybridized carbons (Fsp3) is 0.333. The number of hydrogen-bond acceptors (Lipinski definition) is 4. The summed E-state index contributed by atoms with van der Waals surface area (Å²) in [5.74, 6) is 2.20. The maximum absolute atomic E-state index is 5.84. The highest BCUT2D eigenvalue weighted by atomic mass is 32.2. The fourth-order valence-electron chi connectivity index (χ4n) is 2.26. The lowest BCUT2D eigenvalue weighted by Crippen LogP contribution is -2.21. The number of allylic oxidation sites excluding steroid dienone is 6. The third-order valence-corrected chi connectivity index (χ3v) is 3.90. The van der Waals surface area contributed by atoms with Crippen LogP contribution in [0.4, 0.5) is 0 Å². The summed E-state index contributed by atoms with van der Waals surface area (Å²) in [6.07, 6.45) is 13.9. The number of dihydropyridines is 1. The second-order valence-corrected chi connectivity index (χ2v) is 5.56. The minimum atomic E-state index is 0.281. The molecule has 2 rings (SSSR count). The highest BCUT2D eigenvalue weighted by molar-refractivity contribution is 7.99.